The zero-order valence-corrected chi connectivity index (χ0v) is 17.0. The molecular formula is C16H24Br2ClNO2. The van der Waals surface area contributed by atoms with E-state index >= 15 is 0 Å². The van der Waals surface area contributed by atoms with Gasteiger partial charge in [-0.05, 0) is 52.4 Å². The van der Waals surface area contributed by atoms with Crippen molar-refractivity contribution in [3.05, 3.63) is 27.1 Å². The molecule has 3 nitrogen and oxygen atoms in total. The second-order valence-electron chi connectivity index (χ2n) is 6.20. The van der Waals surface area contributed by atoms with Gasteiger partial charge in [-0.25, -0.2) is 0 Å². The Morgan fingerprint density at radius 3 is 2.50 bits per heavy atom. The van der Waals surface area contributed by atoms with Gasteiger partial charge in [0.25, 0.3) is 0 Å². The van der Waals surface area contributed by atoms with E-state index in [-0.39, 0.29) is 12.4 Å². The average Bonchev–Trinajstić information content (AvgIpc) is 2.36. The SMILES string of the molecule is CC1CC(C)CN(CC(O)COc2ccc(Br)cc2Br)C1.Cl. The number of rotatable bonds is 5. The lowest BCUT2D eigenvalue weighted by Crippen LogP contribution is -2.44. The summed E-state index contributed by atoms with van der Waals surface area (Å²) >= 11 is 6.88. The fraction of sp³-hybridized carbons (Fsp3) is 0.625. The Morgan fingerprint density at radius 2 is 1.91 bits per heavy atom. The second-order valence-corrected chi connectivity index (χ2v) is 7.97. The molecule has 0 saturated carbocycles. The van der Waals surface area contributed by atoms with Crippen LogP contribution in [0, 0.1) is 11.8 Å². The molecule has 6 heteroatoms. The van der Waals surface area contributed by atoms with Gasteiger partial charge in [0.2, 0.25) is 0 Å². The third-order valence-electron chi connectivity index (χ3n) is 3.74. The van der Waals surface area contributed by atoms with Crippen LogP contribution in [0.1, 0.15) is 20.3 Å². The normalized spacial score (nSPS) is 23.7. The van der Waals surface area contributed by atoms with Gasteiger partial charge in [-0.1, -0.05) is 29.8 Å². The maximum Gasteiger partial charge on any atom is 0.133 e. The summed E-state index contributed by atoms with van der Waals surface area (Å²) in [5, 5.41) is 10.2. The first-order valence-electron chi connectivity index (χ1n) is 7.42. The molecule has 0 spiro atoms. The topological polar surface area (TPSA) is 32.7 Å². The summed E-state index contributed by atoms with van der Waals surface area (Å²) in [5.41, 5.74) is 0. The third kappa shape index (κ3) is 6.36. The first kappa shape index (κ1) is 20.2. The van der Waals surface area contributed by atoms with Crippen LogP contribution in [0.4, 0.5) is 0 Å². The summed E-state index contributed by atoms with van der Waals surface area (Å²) in [4.78, 5) is 2.35. The lowest BCUT2D eigenvalue weighted by atomic mass is 9.92. The first-order chi connectivity index (χ1) is 9.94. The van der Waals surface area contributed by atoms with Crippen molar-refractivity contribution in [2.75, 3.05) is 26.2 Å². The Kier molecular flexibility index (Phi) is 8.72. The van der Waals surface area contributed by atoms with Crippen molar-refractivity contribution in [1.29, 1.82) is 0 Å². The molecule has 22 heavy (non-hydrogen) atoms. The maximum atomic E-state index is 10.2. The number of halogens is 3. The summed E-state index contributed by atoms with van der Waals surface area (Å²) in [6.45, 7) is 7.71. The molecular weight excluding hydrogens is 433 g/mol. The Hall–Kier alpha value is 0.190. The average molecular weight is 458 g/mol. The first-order valence-corrected chi connectivity index (χ1v) is 9.01. The summed E-state index contributed by atoms with van der Waals surface area (Å²) in [6.07, 6.45) is 0.827. The molecule has 3 atom stereocenters. The number of aliphatic hydroxyl groups excluding tert-OH is 1. The molecule has 0 radical (unpaired) electrons. The van der Waals surface area contributed by atoms with Crippen LogP contribution in [-0.4, -0.2) is 42.4 Å². The van der Waals surface area contributed by atoms with E-state index in [1.54, 1.807) is 0 Å². The smallest absolute Gasteiger partial charge is 0.133 e. The van der Waals surface area contributed by atoms with Crippen LogP contribution in [0.5, 0.6) is 5.75 Å². The Bertz CT molecular complexity index is 465. The van der Waals surface area contributed by atoms with Gasteiger partial charge in [-0.3, -0.25) is 0 Å². The molecule has 0 aliphatic carbocycles. The molecule has 0 aromatic heterocycles. The summed E-state index contributed by atoms with van der Waals surface area (Å²) in [6, 6.07) is 5.77. The van der Waals surface area contributed by atoms with E-state index in [9.17, 15) is 5.11 Å². The molecule has 1 aromatic rings. The van der Waals surface area contributed by atoms with Crippen molar-refractivity contribution in [1.82, 2.24) is 4.90 Å². The quantitative estimate of drug-likeness (QED) is 0.714. The van der Waals surface area contributed by atoms with E-state index in [0.717, 1.165) is 27.8 Å². The largest absolute Gasteiger partial charge is 0.490 e. The van der Waals surface area contributed by atoms with Crippen LogP contribution < -0.4 is 4.74 Å². The van der Waals surface area contributed by atoms with Crippen molar-refractivity contribution in [2.24, 2.45) is 11.8 Å². The molecule has 1 aromatic carbocycles. The van der Waals surface area contributed by atoms with Gasteiger partial charge in [0.05, 0.1) is 4.47 Å². The van der Waals surface area contributed by atoms with Crippen molar-refractivity contribution in [2.45, 2.75) is 26.4 Å². The lowest BCUT2D eigenvalue weighted by Gasteiger charge is -2.35. The van der Waals surface area contributed by atoms with E-state index in [1.807, 2.05) is 18.2 Å². The van der Waals surface area contributed by atoms with Crippen molar-refractivity contribution in [3.63, 3.8) is 0 Å². The van der Waals surface area contributed by atoms with E-state index < -0.39 is 6.10 Å². The zero-order chi connectivity index (χ0) is 15.4. The number of β-amino-alcohol motifs (C(OH)–C–C–N with tert-alkyl or cyclic N) is 1. The van der Waals surface area contributed by atoms with Crippen LogP contribution in [0.3, 0.4) is 0 Å². The van der Waals surface area contributed by atoms with Crippen LogP contribution in [-0.2, 0) is 0 Å². The van der Waals surface area contributed by atoms with Crippen molar-refractivity contribution in [3.8, 4) is 5.75 Å². The molecule has 1 heterocycles. The third-order valence-corrected chi connectivity index (χ3v) is 4.85. The fourth-order valence-corrected chi connectivity index (χ4v) is 4.23. The van der Waals surface area contributed by atoms with E-state index in [1.165, 1.54) is 6.42 Å². The Morgan fingerprint density at radius 1 is 1.27 bits per heavy atom. The summed E-state index contributed by atoms with van der Waals surface area (Å²) < 4.78 is 7.60. The summed E-state index contributed by atoms with van der Waals surface area (Å²) in [7, 11) is 0. The fourth-order valence-electron chi connectivity index (χ4n) is 3.07. The second kappa shape index (κ2) is 9.48. The van der Waals surface area contributed by atoms with Gasteiger partial charge in [0, 0.05) is 24.1 Å². The van der Waals surface area contributed by atoms with Gasteiger partial charge in [0.1, 0.15) is 18.5 Å². The van der Waals surface area contributed by atoms with E-state index in [0.29, 0.717) is 25.0 Å². The number of piperidine rings is 1. The van der Waals surface area contributed by atoms with E-state index in [2.05, 4.69) is 50.6 Å². The number of ether oxygens (including phenoxy) is 1. The number of aliphatic hydroxyl groups is 1. The lowest BCUT2D eigenvalue weighted by molar-refractivity contribution is 0.0427. The molecule has 1 saturated heterocycles. The number of benzene rings is 1. The highest BCUT2D eigenvalue weighted by molar-refractivity contribution is 9.11. The van der Waals surface area contributed by atoms with Crippen molar-refractivity contribution < 1.29 is 9.84 Å². The van der Waals surface area contributed by atoms with Crippen LogP contribution in [0.15, 0.2) is 27.1 Å². The Balaban J connectivity index is 0.00000242. The molecule has 2 rings (SSSR count). The zero-order valence-electron chi connectivity index (χ0n) is 13.0. The van der Waals surface area contributed by atoms with Crippen LogP contribution in [0.2, 0.25) is 0 Å². The monoisotopic (exact) mass is 455 g/mol. The molecule has 126 valence electrons. The predicted molar refractivity (Wildman–Crippen MR) is 100.0 cm³/mol. The number of hydrogen-bond donors (Lipinski definition) is 1. The minimum absolute atomic E-state index is 0. The standard InChI is InChI=1S/C16H23Br2NO2.ClH/c1-11-5-12(2)8-19(7-11)9-14(20)10-21-16-4-3-13(17)6-15(16)18;/h3-4,6,11-12,14,20H,5,7-10H2,1-2H3;1H. The molecule has 3 unspecified atom stereocenters. The number of nitrogens with zero attached hydrogens (tertiary/aromatic N) is 1. The van der Waals surface area contributed by atoms with Crippen LogP contribution in [0.25, 0.3) is 0 Å². The van der Waals surface area contributed by atoms with Gasteiger partial charge < -0.3 is 14.7 Å². The van der Waals surface area contributed by atoms with Gasteiger partial charge in [-0.15, -0.1) is 12.4 Å². The highest BCUT2D eigenvalue weighted by Crippen LogP contribution is 2.28. The minimum Gasteiger partial charge on any atom is -0.490 e. The number of likely N-dealkylation sites (tertiary alicyclic amines) is 1. The van der Waals surface area contributed by atoms with Crippen molar-refractivity contribution >= 4 is 44.3 Å². The summed E-state index contributed by atoms with van der Waals surface area (Å²) in [5.74, 6) is 2.18. The Labute approximate surface area is 156 Å². The van der Waals surface area contributed by atoms with Gasteiger partial charge >= 0.3 is 0 Å². The van der Waals surface area contributed by atoms with Gasteiger partial charge in [0.15, 0.2) is 0 Å². The molecule has 0 bridgehead atoms. The van der Waals surface area contributed by atoms with Crippen LogP contribution >= 0.6 is 44.3 Å². The minimum atomic E-state index is -0.460. The highest BCUT2D eigenvalue weighted by atomic mass is 79.9. The van der Waals surface area contributed by atoms with E-state index in [4.69, 9.17) is 4.74 Å². The molecule has 1 fully saturated rings. The van der Waals surface area contributed by atoms with Gasteiger partial charge in [-0.2, -0.15) is 0 Å². The molecule has 1 aliphatic rings. The molecule has 1 aliphatic heterocycles. The number of hydrogen-bond acceptors (Lipinski definition) is 3. The molecule has 0 amide bonds. The predicted octanol–water partition coefficient (Wildman–Crippen LogP) is 4.35. The highest BCUT2D eigenvalue weighted by Gasteiger charge is 2.23. The molecule has 1 N–H and O–H groups in total. The maximum absolute atomic E-state index is 10.2.